The molecule has 4 nitrogen and oxygen atoms in total. The van der Waals surface area contributed by atoms with Crippen molar-refractivity contribution in [3.63, 3.8) is 0 Å². The highest BCUT2D eigenvalue weighted by Gasteiger charge is 2.10. The van der Waals surface area contributed by atoms with E-state index in [1.807, 2.05) is 11.9 Å². The molecule has 0 bridgehead atoms. The zero-order valence-corrected chi connectivity index (χ0v) is 10.0. The van der Waals surface area contributed by atoms with Crippen LogP contribution >= 0.6 is 0 Å². The van der Waals surface area contributed by atoms with Gasteiger partial charge in [-0.3, -0.25) is 4.79 Å². The van der Waals surface area contributed by atoms with Crippen LogP contribution in [0.3, 0.4) is 0 Å². The Kier molecular flexibility index (Phi) is 3.77. The molecule has 0 fully saturated rings. The third-order valence-electron chi connectivity index (χ3n) is 2.37. The summed E-state index contributed by atoms with van der Waals surface area (Å²) in [4.78, 5) is 13.1. The van der Waals surface area contributed by atoms with Crippen LogP contribution in [-0.4, -0.2) is 19.5 Å². The number of nitrogens with zero attached hydrogens (tertiary/aromatic N) is 1. The van der Waals surface area contributed by atoms with Crippen LogP contribution in [-0.2, 0) is 0 Å². The lowest BCUT2D eigenvalue weighted by molar-refractivity contribution is 0.100. The van der Waals surface area contributed by atoms with E-state index in [-0.39, 0.29) is 0 Å². The number of carbonyl (C=O) groups is 1. The van der Waals surface area contributed by atoms with Gasteiger partial charge in [-0.25, -0.2) is 0 Å². The van der Waals surface area contributed by atoms with E-state index >= 15 is 0 Å². The van der Waals surface area contributed by atoms with E-state index in [0.717, 1.165) is 12.2 Å². The molecule has 1 aromatic rings. The monoisotopic (exact) mass is 221 g/mol. The predicted octanol–water partition coefficient (Wildman–Crippen LogP) is 1.46. The number of nitrogens with two attached hydrogens (primary N) is 2. The van der Waals surface area contributed by atoms with Crippen LogP contribution < -0.4 is 16.4 Å². The van der Waals surface area contributed by atoms with Crippen LogP contribution in [0, 0.1) is 5.92 Å². The van der Waals surface area contributed by atoms with Gasteiger partial charge in [0.2, 0.25) is 5.91 Å². The average Bonchev–Trinajstić information content (AvgIpc) is 2.16. The molecule has 1 aromatic carbocycles. The Morgan fingerprint density at radius 3 is 2.56 bits per heavy atom. The Balaban J connectivity index is 3.02. The second-order valence-electron chi connectivity index (χ2n) is 4.41. The van der Waals surface area contributed by atoms with Gasteiger partial charge < -0.3 is 16.4 Å². The van der Waals surface area contributed by atoms with Crippen molar-refractivity contribution < 1.29 is 4.79 Å². The average molecular weight is 221 g/mol. The van der Waals surface area contributed by atoms with Gasteiger partial charge in [0.05, 0.1) is 11.4 Å². The highest BCUT2D eigenvalue weighted by atomic mass is 16.1. The van der Waals surface area contributed by atoms with E-state index < -0.39 is 5.91 Å². The Labute approximate surface area is 96.2 Å². The minimum Gasteiger partial charge on any atom is -0.397 e. The number of rotatable bonds is 4. The summed E-state index contributed by atoms with van der Waals surface area (Å²) in [5.41, 5.74) is 13.1. The molecule has 4 N–H and O–H groups in total. The highest BCUT2D eigenvalue weighted by Crippen LogP contribution is 2.24. The largest absolute Gasteiger partial charge is 0.397 e. The summed E-state index contributed by atoms with van der Waals surface area (Å²) in [5, 5.41) is 0. The molecule has 1 amide bonds. The van der Waals surface area contributed by atoms with E-state index in [9.17, 15) is 4.79 Å². The van der Waals surface area contributed by atoms with Crippen molar-refractivity contribution in [2.24, 2.45) is 11.7 Å². The van der Waals surface area contributed by atoms with Crippen molar-refractivity contribution in [2.75, 3.05) is 24.2 Å². The van der Waals surface area contributed by atoms with Gasteiger partial charge in [0.1, 0.15) is 0 Å². The summed E-state index contributed by atoms with van der Waals surface area (Å²) in [6, 6.07) is 5.09. The van der Waals surface area contributed by atoms with E-state index in [1.165, 1.54) is 0 Å². The van der Waals surface area contributed by atoms with Gasteiger partial charge in [-0.15, -0.1) is 0 Å². The van der Waals surface area contributed by atoms with E-state index in [4.69, 9.17) is 11.5 Å². The summed E-state index contributed by atoms with van der Waals surface area (Å²) >= 11 is 0. The number of amides is 1. The molecule has 0 radical (unpaired) electrons. The molecule has 0 aliphatic heterocycles. The molecule has 1 rings (SSSR count). The second-order valence-corrected chi connectivity index (χ2v) is 4.41. The molecule has 0 aliphatic carbocycles. The fourth-order valence-corrected chi connectivity index (χ4v) is 1.67. The topological polar surface area (TPSA) is 72.3 Å². The molecule has 0 heterocycles. The summed E-state index contributed by atoms with van der Waals surface area (Å²) in [7, 11) is 1.95. The molecule has 0 unspecified atom stereocenters. The molecule has 0 spiro atoms. The number of hydrogen-bond acceptors (Lipinski definition) is 3. The Morgan fingerprint density at radius 1 is 1.44 bits per heavy atom. The first-order chi connectivity index (χ1) is 7.41. The first-order valence-corrected chi connectivity index (χ1v) is 5.32. The number of anilines is 2. The van der Waals surface area contributed by atoms with Crippen LogP contribution in [0.2, 0.25) is 0 Å². The molecule has 0 saturated heterocycles. The molecule has 0 aromatic heterocycles. The quantitative estimate of drug-likeness (QED) is 0.756. The normalized spacial score (nSPS) is 10.5. The number of nitrogen functional groups attached to an aromatic ring is 1. The van der Waals surface area contributed by atoms with Crippen molar-refractivity contribution in [3.8, 4) is 0 Å². The Morgan fingerprint density at radius 2 is 2.06 bits per heavy atom. The summed E-state index contributed by atoms with van der Waals surface area (Å²) in [5.74, 6) is 0.0980. The third kappa shape index (κ3) is 2.89. The summed E-state index contributed by atoms with van der Waals surface area (Å²) in [6.45, 7) is 5.14. The molecule has 4 heteroatoms. The van der Waals surface area contributed by atoms with Gasteiger partial charge in [-0.1, -0.05) is 13.8 Å². The zero-order valence-electron chi connectivity index (χ0n) is 10.0. The summed E-state index contributed by atoms with van der Waals surface area (Å²) < 4.78 is 0. The molecule has 88 valence electrons. The first-order valence-electron chi connectivity index (χ1n) is 5.32. The number of carbonyl (C=O) groups excluding carboxylic acids is 1. The van der Waals surface area contributed by atoms with Crippen molar-refractivity contribution in [2.45, 2.75) is 13.8 Å². The molecule has 16 heavy (non-hydrogen) atoms. The molecular formula is C12H19N3O. The van der Waals surface area contributed by atoms with Crippen LogP contribution in [0.15, 0.2) is 18.2 Å². The van der Waals surface area contributed by atoms with Gasteiger partial charge in [0.25, 0.3) is 0 Å². The second kappa shape index (κ2) is 4.88. The first kappa shape index (κ1) is 12.4. The smallest absolute Gasteiger partial charge is 0.248 e. The van der Waals surface area contributed by atoms with Crippen molar-refractivity contribution in [1.29, 1.82) is 0 Å². The third-order valence-corrected chi connectivity index (χ3v) is 2.37. The fourth-order valence-electron chi connectivity index (χ4n) is 1.67. The number of benzene rings is 1. The lowest BCUT2D eigenvalue weighted by atomic mass is 10.1. The van der Waals surface area contributed by atoms with Gasteiger partial charge >= 0.3 is 0 Å². The minimum absolute atomic E-state index is 0.431. The SMILES string of the molecule is CC(C)CN(C)c1cc(C(N)=O)ccc1N. The highest BCUT2D eigenvalue weighted by molar-refractivity contribution is 5.95. The lowest BCUT2D eigenvalue weighted by Gasteiger charge is -2.23. The molecular weight excluding hydrogens is 202 g/mol. The van der Waals surface area contributed by atoms with Crippen molar-refractivity contribution in [1.82, 2.24) is 0 Å². The van der Waals surface area contributed by atoms with E-state index in [2.05, 4.69) is 13.8 Å². The summed E-state index contributed by atoms with van der Waals surface area (Å²) in [6.07, 6.45) is 0. The molecule has 0 atom stereocenters. The van der Waals surface area contributed by atoms with Crippen LogP contribution in [0.25, 0.3) is 0 Å². The van der Waals surface area contributed by atoms with Crippen LogP contribution in [0.1, 0.15) is 24.2 Å². The van der Waals surface area contributed by atoms with Crippen LogP contribution in [0.5, 0.6) is 0 Å². The van der Waals surface area contributed by atoms with E-state index in [1.54, 1.807) is 18.2 Å². The number of hydrogen-bond donors (Lipinski definition) is 2. The molecule has 0 aliphatic rings. The van der Waals surface area contributed by atoms with Crippen LogP contribution in [0.4, 0.5) is 11.4 Å². The predicted molar refractivity (Wildman–Crippen MR) is 67.5 cm³/mol. The maximum absolute atomic E-state index is 11.1. The van der Waals surface area contributed by atoms with E-state index in [0.29, 0.717) is 17.2 Å². The number of primary amides is 1. The van der Waals surface area contributed by atoms with Gasteiger partial charge in [0.15, 0.2) is 0 Å². The van der Waals surface area contributed by atoms with Crippen molar-refractivity contribution in [3.05, 3.63) is 23.8 Å². The fraction of sp³-hybridized carbons (Fsp3) is 0.417. The lowest BCUT2D eigenvalue weighted by Crippen LogP contribution is -2.24. The molecule has 0 saturated carbocycles. The zero-order chi connectivity index (χ0) is 12.3. The maximum atomic E-state index is 11.1. The maximum Gasteiger partial charge on any atom is 0.248 e. The van der Waals surface area contributed by atoms with Gasteiger partial charge in [-0.05, 0) is 24.1 Å². The Hall–Kier alpha value is -1.71. The Bertz CT molecular complexity index is 388. The minimum atomic E-state index is -0.431. The van der Waals surface area contributed by atoms with Gasteiger partial charge in [-0.2, -0.15) is 0 Å². The van der Waals surface area contributed by atoms with Gasteiger partial charge in [0, 0.05) is 19.2 Å². The standard InChI is InChI=1S/C12H19N3O/c1-8(2)7-15(3)11-6-9(12(14)16)4-5-10(11)13/h4-6,8H,7,13H2,1-3H3,(H2,14,16). The van der Waals surface area contributed by atoms with Crippen molar-refractivity contribution >= 4 is 17.3 Å².